The fourth-order valence-corrected chi connectivity index (χ4v) is 10.7. The Morgan fingerprint density at radius 1 is 0.500 bits per heavy atom. The maximum Gasteiger partial charge on any atom is 0.419 e. The molecule has 0 saturated heterocycles. The highest BCUT2D eigenvalue weighted by atomic mass is 32.1. The number of rotatable bonds is 6. The van der Waals surface area contributed by atoms with E-state index >= 15 is 0 Å². The van der Waals surface area contributed by atoms with Gasteiger partial charge in [0.1, 0.15) is 36.5 Å². The van der Waals surface area contributed by atoms with E-state index in [0.717, 1.165) is 34.8 Å². The Labute approximate surface area is 375 Å². The number of nitrogens with zero attached hydrogens (tertiary/aromatic N) is 2. The van der Waals surface area contributed by atoms with E-state index in [1.165, 1.54) is 21.3 Å². The molecule has 66 heavy (non-hydrogen) atoms. The first-order valence-electron chi connectivity index (χ1n) is 19.9. The van der Waals surface area contributed by atoms with Crippen molar-refractivity contribution in [3.8, 4) is 0 Å². The van der Waals surface area contributed by atoms with Crippen LogP contribution in [0.4, 0.5) is 27.2 Å². The Balaban J connectivity index is 1.11. The summed E-state index contributed by atoms with van der Waals surface area (Å²) in [5.74, 6) is -8.59. The molecule has 9 aromatic rings. The Morgan fingerprint density at radius 2 is 0.894 bits per heavy atom. The van der Waals surface area contributed by atoms with Crippen molar-refractivity contribution >= 4 is 124 Å². The molecule has 0 saturated carbocycles. The maximum absolute atomic E-state index is 14.8. The fraction of sp³-hybridized carbons (Fsp3) is 0.0400. The normalized spacial score (nSPS) is 14.8. The summed E-state index contributed by atoms with van der Waals surface area (Å²) in [6, 6.07) is 27.3. The van der Waals surface area contributed by atoms with Gasteiger partial charge in [-0.15, -0.1) is 22.7 Å². The molecule has 16 heteroatoms. The SMILES string of the molecule is O=C1C(=O)c2c(F)cc(F)cc2/C1=C/c1cc2c(s1)c1cc3c(cc1n2C(=O)OCc1ccccc1)c1sc(/C=C2\C(=O)C(=O)c4c(F)cc(F)cc42)cc1n3C(=O)OCc1ccccc1. The van der Waals surface area contributed by atoms with Crippen LogP contribution in [0.25, 0.3) is 65.5 Å². The summed E-state index contributed by atoms with van der Waals surface area (Å²) >= 11 is 2.22. The van der Waals surface area contributed by atoms with Crippen LogP contribution in [0.5, 0.6) is 0 Å². The number of fused-ring (bicyclic) bond motifs is 8. The molecule has 0 amide bonds. The number of halogens is 4. The monoisotopic (exact) mass is 920 g/mol. The predicted octanol–water partition coefficient (Wildman–Crippen LogP) is 11.6. The number of benzene rings is 5. The minimum absolute atomic E-state index is 0.108. The van der Waals surface area contributed by atoms with Gasteiger partial charge < -0.3 is 9.47 Å². The maximum atomic E-state index is 14.8. The van der Waals surface area contributed by atoms with Crippen molar-refractivity contribution in [3.05, 3.63) is 176 Å². The molecule has 5 aromatic carbocycles. The molecule has 0 unspecified atom stereocenters. The van der Waals surface area contributed by atoms with Crippen LogP contribution in [0.3, 0.4) is 0 Å². The Morgan fingerprint density at radius 3 is 1.29 bits per heavy atom. The molecule has 4 aromatic heterocycles. The average molecular weight is 921 g/mol. The van der Waals surface area contributed by atoms with E-state index in [2.05, 4.69) is 0 Å². The molecule has 2 aliphatic rings. The highest BCUT2D eigenvalue weighted by Gasteiger charge is 2.38. The van der Waals surface area contributed by atoms with Gasteiger partial charge in [0.15, 0.2) is 0 Å². The highest BCUT2D eigenvalue weighted by Crippen LogP contribution is 2.45. The summed E-state index contributed by atoms with van der Waals surface area (Å²) < 4.78 is 73.6. The van der Waals surface area contributed by atoms with Crippen LogP contribution in [0.2, 0.25) is 0 Å². The summed E-state index contributed by atoms with van der Waals surface area (Å²) in [6.07, 6.45) is 1.07. The van der Waals surface area contributed by atoms with Crippen molar-refractivity contribution in [2.75, 3.05) is 0 Å². The van der Waals surface area contributed by atoms with Crippen molar-refractivity contribution in [2.24, 2.45) is 0 Å². The van der Waals surface area contributed by atoms with Gasteiger partial charge in [-0.25, -0.2) is 36.3 Å². The number of carbonyl (C=O) groups is 6. The minimum atomic E-state index is -1.17. The number of hydrogen-bond donors (Lipinski definition) is 0. The number of allylic oxidation sites excluding steroid dienone is 2. The van der Waals surface area contributed by atoms with Crippen molar-refractivity contribution in [3.63, 3.8) is 0 Å². The largest absolute Gasteiger partial charge is 0.444 e. The smallest absolute Gasteiger partial charge is 0.419 e. The van der Waals surface area contributed by atoms with Gasteiger partial charge in [-0.05, 0) is 59.7 Å². The van der Waals surface area contributed by atoms with E-state index in [1.54, 1.807) is 72.8 Å². The predicted molar refractivity (Wildman–Crippen MR) is 239 cm³/mol. The van der Waals surface area contributed by atoms with Crippen LogP contribution < -0.4 is 0 Å². The van der Waals surface area contributed by atoms with Crippen LogP contribution in [-0.2, 0) is 32.3 Å². The zero-order chi connectivity index (χ0) is 45.7. The molecular formula is C50H24F4N2O8S2. The van der Waals surface area contributed by atoms with E-state index in [-0.39, 0.29) is 35.5 Å². The third kappa shape index (κ3) is 6.43. The summed E-state index contributed by atoms with van der Waals surface area (Å²) in [5, 5.41) is 0.908. The Bertz CT molecular complexity index is 3520. The van der Waals surface area contributed by atoms with E-state index in [4.69, 9.17) is 9.47 Å². The van der Waals surface area contributed by atoms with E-state index < -0.39 is 69.7 Å². The molecule has 10 nitrogen and oxygen atoms in total. The molecule has 0 bridgehead atoms. The second kappa shape index (κ2) is 15.3. The van der Waals surface area contributed by atoms with Crippen molar-refractivity contribution < 1.29 is 55.8 Å². The van der Waals surface area contributed by atoms with Crippen molar-refractivity contribution in [2.45, 2.75) is 13.2 Å². The van der Waals surface area contributed by atoms with Crippen LogP contribution in [0, 0.1) is 23.3 Å². The third-order valence-corrected chi connectivity index (χ3v) is 13.6. The van der Waals surface area contributed by atoms with E-state index in [1.807, 2.05) is 12.1 Å². The summed E-state index contributed by atoms with van der Waals surface area (Å²) in [4.78, 5) is 81.3. The number of thiophene rings is 2. The van der Waals surface area contributed by atoms with Gasteiger partial charge in [0.25, 0.3) is 0 Å². The molecular weight excluding hydrogens is 897 g/mol. The van der Waals surface area contributed by atoms with Crippen molar-refractivity contribution in [1.29, 1.82) is 0 Å². The molecule has 11 rings (SSSR count). The first kappa shape index (κ1) is 40.7. The lowest BCUT2D eigenvalue weighted by molar-refractivity contribution is -0.110. The molecule has 0 fully saturated rings. The first-order valence-corrected chi connectivity index (χ1v) is 21.6. The van der Waals surface area contributed by atoms with Gasteiger partial charge in [0.05, 0.1) is 42.6 Å². The summed E-state index contributed by atoms with van der Waals surface area (Å²) in [6.45, 7) is -0.215. The quantitative estimate of drug-likeness (QED) is 0.0915. The molecule has 322 valence electrons. The molecule has 0 spiro atoms. The third-order valence-electron chi connectivity index (χ3n) is 11.4. The van der Waals surface area contributed by atoms with E-state index in [9.17, 15) is 46.3 Å². The number of ketones is 4. The molecule has 0 radical (unpaired) electrons. The van der Waals surface area contributed by atoms with Crippen LogP contribution in [-0.4, -0.2) is 44.5 Å². The lowest BCUT2D eigenvalue weighted by Crippen LogP contribution is -2.14. The van der Waals surface area contributed by atoms with E-state index in [0.29, 0.717) is 75.3 Å². The van der Waals surface area contributed by atoms with Crippen LogP contribution in [0.15, 0.2) is 109 Å². The lowest BCUT2D eigenvalue weighted by Gasteiger charge is -2.09. The number of hydrogen-bond acceptors (Lipinski definition) is 10. The van der Waals surface area contributed by atoms with Gasteiger partial charge in [-0.1, -0.05) is 60.7 Å². The number of Topliss-reactive ketones (excluding diaryl/α,β-unsaturated/α-hetero) is 4. The van der Waals surface area contributed by atoms with Gasteiger partial charge in [-0.2, -0.15) is 0 Å². The zero-order valence-electron chi connectivity index (χ0n) is 33.4. The molecule has 2 aliphatic carbocycles. The minimum Gasteiger partial charge on any atom is -0.444 e. The van der Waals surface area contributed by atoms with Gasteiger partial charge >= 0.3 is 12.2 Å². The van der Waals surface area contributed by atoms with Crippen LogP contribution in [0.1, 0.15) is 52.7 Å². The van der Waals surface area contributed by atoms with Gasteiger partial charge in [0, 0.05) is 54.9 Å². The molecule has 0 atom stereocenters. The Kier molecular flexibility index (Phi) is 9.42. The lowest BCUT2D eigenvalue weighted by atomic mass is 10.1. The number of ether oxygens (including phenoxy) is 2. The van der Waals surface area contributed by atoms with Crippen molar-refractivity contribution in [1.82, 2.24) is 9.13 Å². The fourth-order valence-electron chi connectivity index (χ4n) is 8.51. The highest BCUT2D eigenvalue weighted by molar-refractivity contribution is 7.21. The molecule has 4 heterocycles. The topological polar surface area (TPSA) is 131 Å². The number of aromatic nitrogens is 2. The molecule has 0 aliphatic heterocycles. The second-order valence-corrected chi connectivity index (χ2v) is 17.6. The standard InChI is InChI=1S/C50H24F4N2O8S2/c51-25-11-29-31(43(57)45(59)41(29)35(53)13-25)15-27-17-39-47(65-27)33-20-38-34(19-37(33)55(39)49(61)63-21-23-7-3-1-4-8-23)48-40(56(38)50(62)64-22-24-9-5-2-6-10-24)18-28(66-48)16-32-30-12-26(52)14-36(54)42(30)46(60)44(32)58/h1-20H,21-22H2/b31-15-,32-16-. The van der Waals surface area contributed by atoms with Gasteiger partial charge in [0.2, 0.25) is 23.1 Å². The Hall–Kier alpha value is -8.08. The molecule has 0 N–H and O–H groups in total. The average Bonchev–Trinajstić information content (AvgIpc) is 4.12. The summed E-state index contributed by atoms with van der Waals surface area (Å²) in [7, 11) is 0. The number of carbonyl (C=O) groups excluding carboxylic acids is 6. The summed E-state index contributed by atoms with van der Waals surface area (Å²) in [5.41, 5.74) is 0.747. The van der Waals surface area contributed by atoms with Gasteiger partial charge in [-0.3, -0.25) is 19.2 Å². The first-order chi connectivity index (χ1) is 31.8. The second-order valence-electron chi connectivity index (χ2n) is 15.4. The van der Waals surface area contributed by atoms with Crippen LogP contribution >= 0.6 is 22.7 Å². The zero-order valence-corrected chi connectivity index (χ0v) is 35.1.